The molecule has 0 saturated carbocycles. The number of hydrogen-bond donors (Lipinski definition) is 2. The second kappa shape index (κ2) is 6.04. The number of anilines is 1. The predicted molar refractivity (Wildman–Crippen MR) is 64.1 cm³/mol. The lowest BCUT2D eigenvalue weighted by Crippen LogP contribution is -2.25. The molecule has 6 heteroatoms. The third-order valence-corrected chi connectivity index (χ3v) is 2.09. The van der Waals surface area contributed by atoms with Crippen LogP contribution in [-0.4, -0.2) is 25.2 Å². The number of hydrogen-bond acceptors (Lipinski definition) is 4. The molecule has 0 aliphatic rings. The van der Waals surface area contributed by atoms with E-state index in [-0.39, 0.29) is 0 Å². The summed E-state index contributed by atoms with van der Waals surface area (Å²) in [6, 6.07) is 6.84. The summed E-state index contributed by atoms with van der Waals surface area (Å²) in [4.78, 5) is 20.2. The van der Waals surface area contributed by atoms with Crippen molar-refractivity contribution in [1.82, 2.24) is 5.32 Å². The van der Waals surface area contributed by atoms with Gasteiger partial charge in [0.15, 0.2) is 5.11 Å². The van der Waals surface area contributed by atoms with Crippen LogP contribution >= 0.6 is 12.2 Å². The highest BCUT2D eigenvalue weighted by Crippen LogP contribution is 2.16. The predicted octanol–water partition coefficient (Wildman–Crippen LogP) is 1.32. The molecule has 0 aromatic heterocycles. The molecule has 1 aromatic rings. The van der Waals surface area contributed by atoms with Crippen LogP contribution in [0, 0.1) is 0 Å². The molecule has 0 fully saturated rings. The molecule has 0 bridgehead atoms. The second-order valence-corrected chi connectivity index (χ2v) is 3.20. The maximum Gasteiger partial charge on any atom is 0.375 e. The van der Waals surface area contributed by atoms with Gasteiger partial charge in [-0.25, -0.2) is 4.79 Å². The lowest BCUT2D eigenvalue weighted by Gasteiger charge is -2.10. The standard InChI is InChI=1S/C10H12N2O3S/c1-11-10(16)12-8-6-4-3-5-7(8)9(13)15-14-2/h3-6H,1-2H3,(H2,11,12,16). The van der Waals surface area contributed by atoms with E-state index in [1.165, 1.54) is 7.11 Å². The Morgan fingerprint density at radius 1 is 1.38 bits per heavy atom. The van der Waals surface area contributed by atoms with Crippen LogP contribution < -0.4 is 10.6 Å². The minimum absolute atomic E-state index is 0.349. The Hall–Kier alpha value is -1.66. The summed E-state index contributed by atoms with van der Waals surface area (Å²) in [7, 11) is 2.96. The van der Waals surface area contributed by atoms with Gasteiger partial charge in [-0.05, 0) is 24.4 Å². The van der Waals surface area contributed by atoms with E-state index in [1.54, 1.807) is 31.3 Å². The lowest BCUT2D eigenvalue weighted by molar-refractivity contribution is -0.216. The summed E-state index contributed by atoms with van der Waals surface area (Å²) in [6.07, 6.45) is 0. The highest BCUT2D eigenvalue weighted by Gasteiger charge is 2.13. The van der Waals surface area contributed by atoms with E-state index in [4.69, 9.17) is 12.2 Å². The summed E-state index contributed by atoms with van der Waals surface area (Å²) >= 11 is 4.94. The average molecular weight is 240 g/mol. The number of para-hydroxylation sites is 1. The van der Waals surface area contributed by atoms with E-state index in [0.29, 0.717) is 16.4 Å². The van der Waals surface area contributed by atoms with Crippen molar-refractivity contribution >= 4 is 29.0 Å². The number of carbonyl (C=O) groups is 1. The number of nitrogens with one attached hydrogen (secondary N) is 2. The van der Waals surface area contributed by atoms with E-state index in [2.05, 4.69) is 20.4 Å². The van der Waals surface area contributed by atoms with Gasteiger partial charge in [0, 0.05) is 7.05 Å². The van der Waals surface area contributed by atoms with Gasteiger partial charge in [-0.2, -0.15) is 4.89 Å². The number of thiocarbonyl (C=S) groups is 1. The Kier molecular flexibility index (Phi) is 4.68. The fourth-order valence-electron chi connectivity index (χ4n) is 1.08. The van der Waals surface area contributed by atoms with E-state index in [0.717, 1.165) is 0 Å². The summed E-state index contributed by atoms with van der Waals surface area (Å²) in [5.74, 6) is -0.579. The Balaban J connectivity index is 2.91. The molecule has 0 amide bonds. The topological polar surface area (TPSA) is 59.6 Å². The van der Waals surface area contributed by atoms with Gasteiger partial charge in [-0.15, -0.1) is 0 Å². The van der Waals surface area contributed by atoms with Crippen molar-refractivity contribution in [1.29, 1.82) is 0 Å². The van der Waals surface area contributed by atoms with Crippen LogP contribution in [0.1, 0.15) is 10.4 Å². The number of benzene rings is 1. The summed E-state index contributed by atoms with van der Waals surface area (Å²) in [5.41, 5.74) is 0.908. The summed E-state index contributed by atoms with van der Waals surface area (Å²) in [6.45, 7) is 0. The van der Waals surface area contributed by atoms with E-state index in [1.807, 2.05) is 0 Å². The zero-order valence-corrected chi connectivity index (χ0v) is 9.76. The normalized spacial score (nSPS) is 9.38. The van der Waals surface area contributed by atoms with Crippen LogP contribution in [-0.2, 0) is 9.78 Å². The average Bonchev–Trinajstić information content (AvgIpc) is 2.30. The van der Waals surface area contributed by atoms with Crippen LogP contribution in [0.3, 0.4) is 0 Å². The first-order valence-corrected chi connectivity index (χ1v) is 4.92. The fraction of sp³-hybridized carbons (Fsp3) is 0.200. The molecule has 5 nitrogen and oxygen atoms in total. The van der Waals surface area contributed by atoms with Crippen LogP contribution in [0.2, 0.25) is 0 Å². The van der Waals surface area contributed by atoms with Crippen LogP contribution in [0.4, 0.5) is 5.69 Å². The van der Waals surface area contributed by atoms with Crippen LogP contribution in [0.15, 0.2) is 24.3 Å². The zero-order valence-electron chi connectivity index (χ0n) is 8.94. The monoisotopic (exact) mass is 240 g/mol. The smallest absolute Gasteiger partial charge is 0.366 e. The Bertz CT molecular complexity index is 395. The molecule has 2 N–H and O–H groups in total. The second-order valence-electron chi connectivity index (χ2n) is 2.79. The largest absolute Gasteiger partial charge is 0.375 e. The van der Waals surface area contributed by atoms with Gasteiger partial charge >= 0.3 is 5.97 Å². The van der Waals surface area contributed by atoms with Crippen molar-refractivity contribution in [2.24, 2.45) is 0 Å². The van der Waals surface area contributed by atoms with E-state index >= 15 is 0 Å². The first-order chi connectivity index (χ1) is 7.69. The molecule has 0 unspecified atom stereocenters. The van der Waals surface area contributed by atoms with Crippen molar-refractivity contribution in [3.05, 3.63) is 29.8 Å². The van der Waals surface area contributed by atoms with E-state index in [9.17, 15) is 4.79 Å². The van der Waals surface area contributed by atoms with Gasteiger partial charge in [0.2, 0.25) is 0 Å². The third kappa shape index (κ3) is 3.18. The van der Waals surface area contributed by atoms with Crippen LogP contribution in [0.25, 0.3) is 0 Å². The number of carbonyl (C=O) groups excluding carboxylic acids is 1. The molecule has 1 aromatic carbocycles. The van der Waals surface area contributed by atoms with Gasteiger partial charge in [0.05, 0.1) is 18.4 Å². The first-order valence-electron chi connectivity index (χ1n) is 4.51. The maximum atomic E-state index is 11.5. The molecule has 1 rings (SSSR count). The molecular weight excluding hydrogens is 228 g/mol. The van der Waals surface area contributed by atoms with Gasteiger partial charge in [0.25, 0.3) is 0 Å². The van der Waals surface area contributed by atoms with E-state index < -0.39 is 5.97 Å². The first kappa shape index (κ1) is 12.4. The number of rotatable bonds is 3. The van der Waals surface area contributed by atoms with Crippen molar-refractivity contribution in [3.63, 3.8) is 0 Å². The highest BCUT2D eigenvalue weighted by atomic mass is 32.1. The molecule has 0 aliphatic heterocycles. The lowest BCUT2D eigenvalue weighted by atomic mass is 10.2. The molecule has 0 atom stereocenters. The molecular formula is C10H12N2O3S. The van der Waals surface area contributed by atoms with Crippen molar-refractivity contribution in [2.75, 3.05) is 19.5 Å². The Labute approximate surface area is 98.7 Å². The fourth-order valence-corrected chi connectivity index (χ4v) is 1.19. The maximum absolute atomic E-state index is 11.5. The van der Waals surface area contributed by atoms with Crippen molar-refractivity contribution < 1.29 is 14.6 Å². The molecule has 16 heavy (non-hydrogen) atoms. The molecule has 0 aliphatic carbocycles. The van der Waals surface area contributed by atoms with Crippen molar-refractivity contribution in [2.45, 2.75) is 0 Å². The molecule has 0 heterocycles. The quantitative estimate of drug-likeness (QED) is 0.472. The minimum Gasteiger partial charge on any atom is -0.366 e. The van der Waals surface area contributed by atoms with Gasteiger partial charge in [-0.1, -0.05) is 12.1 Å². The molecule has 0 saturated heterocycles. The SMILES string of the molecule is CNC(=S)Nc1ccccc1C(=O)OOC. The minimum atomic E-state index is -0.579. The molecule has 86 valence electrons. The zero-order chi connectivity index (χ0) is 12.0. The van der Waals surface area contributed by atoms with Crippen LogP contribution in [0.5, 0.6) is 0 Å². The van der Waals surface area contributed by atoms with Crippen molar-refractivity contribution in [3.8, 4) is 0 Å². The molecule has 0 radical (unpaired) electrons. The van der Waals surface area contributed by atoms with Gasteiger partial charge in [0.1, 0.15) is 0 Å². The Morgan fingerprint density at radius 3 is 2.69 bits per heavy atom. The third-order valence-electron chi connectivity index (χ3n) is 1.78. The summed E-state index contributed by atoms with van der Waals surface area (Å²) < 4.78 is 0. The van der Waals surface area contributed by atoms with Gasteiger partial charge in [-0.3, -0.25) is 4.89 Å². The Morgan fingerprint density at radius 2 is 2.06 bits per heavy atom. The summed E-state index contributed by atoms with van der Waals surface area (Å²) in [5, 5.41) is 6.03. The highest BCUT2D eigenvalue weighted by molar-refractivity contribution is 7.80. The van der Waals surface area contributed by atoms with Gasteiger partial charge < -0.3 is 10.6 Å². The molecule has 0 spiro atoms.